The van der Waals surface area contributed by atoms with Crippen LogP contribution in [0.4, 0.5) is 33.7 Å². The van der Waals surface area contributed by atoms with Crippen molar-refractivity contribution in [1.29, 1.82) is 0 Å². The van der Waals surface area contributed by atoms with Crippen LogP contribution in [0.5, 0.6) is 0 Å². The quantitative estimate of drug-likeness (QED) is 0.396. The lowest BCUT2D eigenvalue weighted by Crippen LogP contribution is -2.45. The van der Waals surface area contributed by atoms with Gasteiger partial charge in [0.05, 0.1) is 16.1 Å². The van der Waals surface area contributed by atoms with Gasteiger partial charge in [-0.2, -0.15) is 13.2 Å². The van der Waals surface area contributed by atoms with Crippen LogP contribution < -0.4 is 15.8 Å². The molecule has 4 N–H and O–H groups in total. The zero-order valence-electron chi connectivity index (χ0n) is 19.6. The lowest BCUT2D eigenvalue weighted by Gasteiger charge is -2.24. The molecule has 0 aliphatic carbocycles. The molecular formula is C25H22F4N4O4S. The summed E-state index contributed by atoms with van der Waals surface area (Å²) in [5, 5.41) is 10.0. The Morgan fingerprint density at radius 1 is 0.974 bits per heavy atom. The Labute approximate surface area is 215 Å². The van der Waals surface area contributed by atoms with Crippen molar-refractivity contribution in [2.24, 2.45) is 5.14 Å². The molecule has 0 radical (unpaired) electrons. The van der Waals surface area contributed by atoms with Crippen LogP contribution in [0.15, 0.2) is 71.6 Å². The van der Waals surface area contributed by atoms with Crippen molar-refractivity contribution >= 4 is 33.3 Å². The van der Waals surface area contributed by atoms with E-state index in [0.717, 1.165) is 24.3 Å². The fraction of sp³-hybridized carbons (Fsp3) is 0.200. The van der Waals surface area contributed by atoms with Crippen molar-refractivity contribution < 1.29 is 35.6 Å². The zero-order chi connectivity index (χ0) is 27.7. The Morgan fingerprint density at radius 2 is 1.71 bits per heavy atom. The fourth-order valence-corrected chi connectivity index (χ4v) is 4.96. The molecule has 38 heavy (non-hydrogen) atoms. The Balaban J connectivity index is 1.48. The molecule has 0 spiro atoms. The van der Waals surface area contributed by atoms with Crippen LogP contribution in [0.2, 0.25) is 0 Å². The van der Waals surface area contributed by atoms with Gasteiger partial charge >= 0.3 is 12.2 Å². The molecule has 0 aromatic heterocycles. The van der Waals surface area contributed by atoms with E-state index in [9.17, 15) is 35.6 Å². The maximum atomic E-state index is 14.9. The van der Waals surface area contributed by atoms with E-state index in [1.807, 2.05) is 0 Å². The number of carbonyl (C=O) groups excluding carboxylic acids is 2. The minimum atomic E-state index is -4.59. The lowest BCUT2D eigenvalue weighted by atomic mass is 10.0. The molecule has 13 heteroatoms. The first kappa shape index (κ1) is 27.1. The number of hydrogen-bond acceptors (Lipinski definition) is 4. The van der Waals surface area contributed by atoms with Gasteiger partial charge in [0.1, 0.15) is 11.9 Å². The standard InChI is InChI=1S/C25H22F4N4O4S/c26-19-13-15(18-7-1-2-9-22(18)38(30,36)37)10-11-20(19)32-23(34)21-8-4-12-33(21)24(35)31-17-6-3-5-16(14-17)25(27,28)29/h1-3,5-7,9-11,13-14,21H,4,8,12H2,(H,31,35)(H,32,34)(H2,30,36,37). The molecule has 4 rings (SSSR count). The number of alkyl halides is 3. The third kappa shape index (κ3) is 5.94. The number of hydrogen-bond donors (Lipinski definition) is 3. The maximum absolute atomic E-state index is 14.9. The molecule has 1 atom stereocenters. The van der Waals surface area contributed by atoms with E-state index in [4.69, 9.17) is 5.14 Å². The second-order valence-corrected chi connectivity index (χ2v) is 10.1. The van der Waals surface area contributed by atoms with Crippen LogP contribution >= 0.6 is 0 Å². The van der Waals surface area contributed by atoms with Gasteiger partial charge in [0.2, 0.25) is 15.9 Å². The SMILES string of the molecule is NS(=O)(=O)c1ccccc1-c1ccc(NC(=O)C2CCCN2C(=O)Nc2cccc(C(F)(F)F)c2)c(F)c1. The highest BCUT2D eigenvalue weighted by Gasteiger charge is 2.35. The van der Waals surface area contributed by atoms with Gasteiger partial charge in [-0.15, -0.1) is 0 Å². The minimum absolute atomic E-state index is 0.0858. The van der Waals surface area contributed by atoms with E-state index < -0.39 is 45.6 Å². The number of nitrogens with one attached hydrogen (secondary N) is 2. The molecule has 3 aromatic carbocycles. The topological polar surface area (TPSA) is 122 Å². The van der Waals surface area contributed by atoms with E-state index in [0.29, 0.717) is 6.42 Å². The molecule has 1 unspecified atom stereocenters. The Hall–Kier alpha value is -3.97. The molecule has 200 valence electrons. The minimum Gasteiger partial charge on any atom is -0.322 e. The van der Waals surface area contributed by atoms with Crippen LogP contribution in [0.25, 0.3) is 11.1 Å². The molecule has 8 nitrogen and oxygen atoms in total. The second-order valence-electron chi connectivity index (χ2n) is 8.59. The van der Waals surface area contributed by atoms with E-state index in [1.165, 1.54) is 41.3 Å². The number of rotatable bonds is 5. The lowest BCUT2D eigenvalue weighted by molar-refractivity contribution is -0.137. The molecule has 1 fully saturated rings. The highest BCUT2D eigenvalue weighted by Crippen LogP contribution is 2.32. The number of likely N-dealkylation sites (tertiary alicyclic amines) is 1. The van der Waals surface area contributed by atoms with Gasteiger partial charge in [0.15, 0.2) is 0 Å². The molecular weight excluding hydrogens is 528 g/mol. The summed E-state index contributed by atoms with van der Waals surface area (Å²) in [4.78, 5) is 26.6. The molecule has 0 bridgehead atoms. The Kier molecular flexibility index (Phi) is 7.42. The van der Waals surface area contributed by atoms with Crippen LogP contribution in [0, 0.1) is 5.82 Å². The number of sulfonamides is 1. The smallest absolute Gasteiger partial charge is 0.322 e. The molecule has 1 saturated heterocycles. The molecule has 1 aliphatic rings. The molecule has 3 amide bonds. The maximum Gasteiger partial charge on any atom is 0.416 e. The number of carbonyl (C=O) groups is 2. The first-order valence-corrected chi connectivity index (χ1v) is 12.9. The number of urea groups is 1. The predicted octanol–water partition coefficient (Wildman–Crippen LogP) is 4.79. The van der Waals surface area contributed by atoms with E-state index in [1.54, 1.807) is 6.07 Å². The number of nitrogens with two attached hydrogens (primary N) is 1. The average molecular weight is 551 g/mol. The Morgan fingerprint density at radius 3 is 2.39 bits per heavy atom. The number of nitrogens with zero attached hydrogens (tertiary/aromatic N) is 1. The van der Waals surface area contributed by atoms with Gasteiger partial charge in [-0.05, 0) is 54.8 Å². The third-order valence-corrected chi connectivity index (χ3v) is 6.96. The van der Waals surface area contributed by atoms with Crippen molar-refractivity contribution in [2.75, 3.05) is 17.2 Å². The summed E-state index contributed by atoms with van der Waals surface area (Å²) in [6.07, 6.45) is -3.86. The van der Waals surface area contributed by atoms with E-state index >= 15 is 0 Å². The van der Waals surface area contributed by atoms with Gasteiger partial charge in [-0.3, -0.25) is 4.79 Å². The van der Waals surface area contributed by atoms with Crippen molar-refractivity contribution in [1.82, 2.24) is 4.90 Å². The summed E-state index contributed by atoms with van der Waals surface area (Å²) in [5.41, 5.74) is -0.820. The number of halogens is 4. The molecule has 0 saturated carbocycles. The normalized spacial score (nSPS) is 15.8. The number of anilines is 2. The van der Waals surface area contributed by atoms with Gasteiger partial charge in [-0.25, -0.2) is 22.7 Å². The molecule has 1 aliphatic heterocycles. The monoisotopic (exact) mass is 550 g/mol. The van der Waals surface area contributed by atoms with Gasteiger partial charge in [-0.1, -0.05) is 30.3 Å². The van der Waals surface area contributed by atoms with Crippen LogP contribution in [-0.4, -0.2) is 37.8 Å². The van der Waals surface area contributed by atoms with Crippen molar-refractivity contribution in [2.45, 2.75) is 30.0 Å². The summed E-state index contributed by atoms with van der Waals surface area (Å²) >= 11 is 0. The Bertz CT molecular complexity index is 1490. The largest absolute Gasteiger partial charge is 0.416 e. The molecule has 3 aromatic rings. The summed E-state index contributed by atoms with van der Waals surface area (Å²) < 4.78 is 77.6. The fourth-order valence-electron chi connectivity index (χ4n) is 4.20. The summed E-state index contributed by atoms with van der Waals surface area (Å²) in [6, 6.07) is 11.9. The van der Waals surface area contributed by atoms with Crippen molar-refractivity contribution in [3.05, 3.63) is 78.1 Å². The van der Waals surface area contributed by atoms with Crippen LogP contribution in [0.1, 0.15) is 18.4 Å². The average Bonchev–Trinajstić information content (AvgIpc) is 3.35. The van der Waals surface area contributed by atoms with E-state index in [2.05, 4.69) is 10.6 Å². The first-order chi connectivity index (χ1) is 17.8. The number of amides is 3. The van der Waals surface area contributed by atoms with Gasteiger partial charge < -0.3 is 15.5 Å². The summed E-state index contributed by atoms with van der Waals surface area (Å²) in [5.74, 6) is -1.53. The summed E-state index contributed by atoms with van der Waals surface area (Å²) in [7, 11) is -4.07. The molecule has 1 heterocycles. The first-order valence-electron chi connectivity index (χ1n) is 11.3. The highest BCUT2D eigenvalue weighted by molar-refractivity contribution is 7.89. The van der Waals surface area contributed by atoms with Gasteiger partial charge in [0.25, 0.3) is 0 Å². The number of benzene rings is 3. The third-order valence-electron chi connectivity index (χ3n) is 5.99. The van der Waals surface area contributed by atoms with Crippen LogP contribution in [0.3, 0.4) is 0 Å². The zero-order valence-corrected chi connectivity index (χ0v) is 20.4. The summed E-state index contributed by atoms with van der Waals surface area (Å²) in [6.45, 7) is 0.175. The second kappa shape index (κ2) is 10.4. The van der Waals surface area contributed by atoms with E-state index in [-0.39, 0.29) is 40.4 Å². The van der Waals surface area contributed by atoms with Crippen LogP contribution in [-0.2, 0) is 21.0 Å². The predicted molar refractivity (Wildman–Crippen MR) is 132 cm³/mol. The number of primary sulfonamides is 1. The van der Waals surface area contributed by atoms with Gasteiger partial charge in [0, 0.05) is 17.8 Å². The highest BCUT2D eigenvalue weighted by atomic mass is 32.2. The van der Waals surface area contributed by atoms with Crippen molar-refractivity contribution in [3.8, 4) is 11.1 Å². The van der Waals surface area contributed by atoms with Crippen molar-refractivity contribution in [3.63, 3.8) is 0 Å².